The van der Waals surface area contributed by atoms with Gasteiger partial charge in [0.05, 0.1) is 10.5 Å². The van der Waals surface area contributed by atoms with E-state index in [1.165, 1.54) is 28.3 Å². The number of hydrogen-bond donors (Lipinski definition) is 0. The van der Waals surface area contributed by atoms with Gasteiger partial charge in [-0.2, -0.15) is 13.2 Å². The van der Waals surface area contributed by atoms with Crippen LogP contribution in [0.2, 0.25) is 0 Å². The molecule has 2 aromatic carbocycles. The minimum Gasteiger partial charge on any atom is -0.336 e. The van der Waals surface area contributed by atoms with Crippen LogP contribution in [0.15, 0.2) is 71.8 Å². The number of benzene rings is 2. The van der Waals surface area contributed by atoms with Gasteiger partial charge in [-0.15, -0.1) is 0 Å². The molecule has 0 radical (unpaired) electrons. The quantitative estimate of drug-likeness (QED) is 0.457. The van der Waals surface area contributed by atoms with Gasteiger partial charge in [-0.05, 0) is 65.7 Å². The molecule has 10 heteroatoms. The van der Waals surface area contributed by atoms with E-state index in [-0.39, 0.29) is 23.0 Å². The van der Waals surface area contributed by atoms with E-state index < -0.39 is 22.9 Å². The summed E-state index contributed by atoms with van der Waals surface area (Å²) in [6.07, 6.45) is -0.763. The van der Waals surface area contributed by atoms with E-state index >= 15 is 0 Å². The topological polar surface area (TPSA) is 62.6 Å². The second-order valence-corrected chi connectivity index (χ2v) is 9.45. The minimum absolute atomic E-state index is 0.101. The number of halogens is 3. The van der Waals surface area contributed by atoms with Gasteiger partial charge in [-0.1, -0.05) is 30.3 Å². The lowest BCUT2D eigenvalue weighted by molar-refractivity contribution is -0.137. The maximum Gasteiger partial charge on any atom is 0.416 e. The molecule has 0 spiro atoms. The van der Waals surface area contributed by atoms with Gasteiger partial charge in [-0.25, -0.2) is 0 Å². The molecule has 0 aliphatic carbocycles. The summed E-state index contributed by atoms with van der Waals surface area (Å²) in [6.45, 7) is 0.566. The highest BCUT2D eigenvalue weighted by molar-refractivity contribution is 8.18. The normalized spacial score (nSPS) is 17.1. The predicted molar refractivity (Wildman–Crippen MR) is 129 cm³/mol. The lowest BCUT2D eigenvalue weighted by atomic mass is 10.00. The lowest BCUT2D eigenvalue weighted by Crippen LogP contribution is -2.44. The van der Waals surface area contributed by atoms with Crippen LogP contribution in [0.1, 0.15) is 22.4 Å². The molecule has 36 heavy (non-hydrogen) atoms. The van der Waals surface area contributed by atoms with Crippen LogP contribution in [0.4, 0.5) is 18.0 Å². The standard InChI is InChI=1S/C26H20F3N3O3S/c27-26(28,29)19-7-3-8-20(13-19)31-11-4-9-21(31)14-22-24(34)32(25(35)36-22)16-23(33)30-12-10-17-5-1-2-6-18(17)15-30/h1-9,11,13-14H,10,12,15-16H2/b22-14-. The zero-order chi connectivity index (χ0) is 25.4. The van der Waals surface area contributed by atoms with Gasteiger partial charge in [0.15, 0.2) is 0 Å². The number of aromatic nitrogens is 1. The highest BCUT2D eigenvalue weighted by Crippen LogP contribution is 2.34. The third kappa shape index (κ3) is 4.68. The smallest absolute Gasteiger partial charge is 0.336 e. The Morgan fingerprint density at radius 2 is 1.78 bits per heavy atom. The average Bonchev–Trinajstić information content (AvgIpc) is 3.43. The Morgan fingerprint density at radius 3 is 2.56 bits per heavy atom. The van der Waals surface area contributed by atoms with Gasteiger partial charge in [0.1, 0.15) is 6.54 Å². The highest BCUT2D eigenvalue weighted by Gasteiger charge is 2.37. The first-order valence-corrected chi connectivity index (χ1v) is 12.0. The Balaban J connectivity index is 1.33. The molecule has 3 heterocycles. The number of carbonyl (C=O) groups is 3. The Kier molecular flexibility index (Phi) is 6.21. The summed E-state index contributed by atoms with van der Waals surface area (Å²) in [5.74, 6) is -0.923. The Labute approximate surface area is 209 Å². The molecule has 0 atom stereocenters. The van der Waals surface area contributed by atoms with Crippen molar-refractivity contribution in [3.63, 3.8) is 0 Å². The van der Waals surface area contributed by atoms with E-state index in [2.05, 4.69) is 0 Å². The molecule has 3 amide bonds. The first-order chi connectivity index (χ1) is 17.2. The number of amides is 3. The van der Waals surface area contributed by atoms with Crippen LogP contribution >= 0.6 is 11.8 Å². The number of imide groups is 1. The van der Waals surface area contributed by atoms with Gasteiger partial charge in [0.2, 0.25) is 5.91 Å². The molecule has 1 fully saturated rings. The molecule has 0 N–H and O–H groups in total. The predicted octanol–water partition coefficient (Wildman–Crippen LogP) is 5.12. The fourth-order valence-electron chi connectivity index (χ4n) is 4.29. The van der Waals surface area contributed by atoms with Crippen LogP contribution in [-0.2, 0) is 28.7 Å². The van der Waals surface area contributed by atoms with E-state index in [0.717, 1.165) is 22.6 Å². The molecule has 5 rings (SSSR count). The third-order valence-corrected chi connectivity index (χ3v) is 7.07. The molecule has 0 saturated carbocycles. The van der Waals surface area contributed by atoms with Crippen LogP contribution < -0.4 is 0 Å². The summed E-state index contributed by atoms with van der Waals surface area (Å²) in [5, 5.41) is -0.561. The van der Waals surface area contributed by atoms with E-state index in [4.69, 9.17) is 0 Å². The van der Waals surface area contributed by atoms with Crippen molar-refractivity contribution >= 4 is 34.9 Å². The summed E-state index contributed by atoms with van der Waals surface area (Å²) in [5.41, 5.74) is 2.12. The Morgan fingerprint density at radius 1 is 1.00 bits per heavy atom. The van der Waals surface area contributed by atoms with Crippen molar-refractivity contribution in [2.45, 2.75) is 19.1 Å². The van der Waals surface area contributed by atoms with E-state index in [1.807, 2.05) is 24.3 Å². The molecule has 2 aliphatic heterocycles. The summed E-state index contributed by atoms with van der Waals surface area (Å²) in [7, 11) is 0. The molecule has 0 unspecified atom stereocenters. The van der Waals surface area contributed by atoms with Crippen LogP contribution in [0, 0.1) is 0 Å². The van der Waals surface area contributed by atoms with E-state index in [9.17, 15) is 27.6 Å². The fourth-order valence-corrected chi connectivity index (χ4v) is 5.12. The fraction of sp³-hybridized carbons (Fsp3) is 0.192. The third-order valence-electron chi connectivity index (χ3n) is 6.16. The maximum atomic E-state index is 13.1. The number of carbonyl (C=O) groups excluding carboxylic acids is 3. The molecule has 1 aromatic heterocycles. The molecular weight excluding hydrogens is 491 g/mol. The van der Waals surface area contributed by atoms with Gasteiger partial charge in [-0.3, -0.25) is 19.3 Å². The number of nitrogens with zero attached hydrogens (tertiary/aromatic N) is 3. The van der Waals surface area contributed by atoms with Crippen LogP contribution in [-0.4, -0.2) is 44.5 Å². The van der Waals surface area contributed by atoms with Crippen molar-refractivity contribution in [1.29, 1.82) is 0 Å². The second kappa shape index (κ2) is 9.34. The van der Waals surface area contributed by atoms with Gasteiger partial charge < -0.3 is 9.47 Å². The monoisotopic (exact) mass is 511 g/mol. The summed E-state index contributed by atoms with van der Waals surface area (Å²) in [4.78, 5) is 41.1. The maximum absolute atomic E-state index is 13.1. The molecule has 184 valence electrons. The van der Waals surface area contributed by atoms with Crippen molar-refractivity contribution in [2.75, 3.05) is 13.1 Å². The molecule has 3 aromatic rings. The van der Waals surface area contributed by atoms with Crippen molar-refractivity contribution in [1.82, 2.24) is 14.4 Å². The summed E-state index contributed by atoms with van der Waals surface area (Å²) < 4.78 is 40.9. The highest BCUT2D eigenvalue weighted by atomic mass is 32.2. The van der Waals surface area contributed by atoms with Crippen LogP contribution in [0.3, 0.4) is 0 Å². The largest absolute Gasteiger partial charge is 0.416 e. The minimum atomic E-state index is -4.49. The number of hydrogen-bond acceptors (Lipinski definition) is 4. The SMILES string of the molecule is O=C(CN1C(=O)S/C(=C\c2cccn2-c2cccc(C(F)(F)F)c2)C1=O)N1CCc2ccccc2C1. The van der Waals surface area contributed by atoms with E-state index in [1.54, 1.807) is 23.2 Å². The molecule has 6 nitrogen and oxygen atoms in total. The second-order valence-electron chi connectivity index (χ2n) is 8.45. The summed E-state index contributed by atoms with van der Waals surface area (Å²) >= 11 is 0.703. The Hall–Kier alpha value is -3.79. The van der Waals surface area contributed by atoms with Gasteiger partial charge >= 0.3 is 6.18 Å². The van der Waals surface area contributed by atoms with E-state index in [0.29, 0.717) is 37.0 Å². The van der Waals surface area contributed by atoms with Crippen molar-refractivity contribution in [3.05, 3.63) is 94.1 Å². The van der Waals surface area contributed by atoms with Gasteiger partial charge in [0.25, 0.3) is 11.1 Å². The number of thioether (sulfide) groups is 1. The zero-order valence-corrected chi connectivity index (χ0v) is 19.7. The molecule has 0 bridgehead atoms. The lowest BCUT2D eigenvalue weighted by Gasteiger charge is -2.29. The number of alkyl halides is 3. The van der Waals surface area contributed by atoms with Crippen molar-refractivity contribution < 1.29 is 27.6 Å². The Bertz CT molecular complexity index is 1400. The van der Waals surface area contributed by atoms with Crippen molar-refractivity contribution in [3.8, 4) is 5.69 Å². The summed E-state index contributed by atoms with van der Waals surface area (Å²) in [6, 6.07) is 15.9. The van der Waals surface area contributed by atoms with Crippen LogP contribution in [0.25, 0.3) is 11.8 Å². The molecule has 2 aliphatic rings. The first-order valence-electron chi connectivity index (χ1n) is 11.2. The first kappa shape index (κ1) is 23.9. The number of fused-ring (bicyclic) bond motifs is 1. The van der Waals surface area contributed by atoms with Crippen LogP contribution in [0.5, 0.6) is 0 Å². The average molecular weight is 512 g/mol. The van der Waals surface area contributed by atoms with Crippen molar-refractivity contribution in [2.24, 2.45) is 0 Å². The molecular formula is C26H20F3N3O3S. The number of rotatable bonds is 4. The van der Waals surface area contributed by atoms with Gasteiger partial charge in [0, 0.05) is 30.7 Å². The zero-order valence-electron chi connectivity index (χ0n) is 18.9. The molecule has 1 saturated heterocycles.